The van der Waals surface area contributed by atoms with Gasteiger partial charge in [0.15, 0.2) is 5.60 Å². The number of hydrogen-bond acceptors (Lipinski definition) is 5. The lowest BCUT2D eigenvalue weighted by Gasteiger charge is -2.26. The summed E-state index contributed by atoms with van der Waals surface area (Å²) in [6.07, 6.45) is 1.59. The number of hydrogen-bond donors (Lipinski definition) is 1. The molecular formula is C19H21IO4S. The van der Waals surface area contributed by atoms with Crippen molar-refractivity contribution in [1.29, 1.82) is 0 Å². The SMILES string of the molecule is CCC(C)c1ccc(O)c(C(=O)OC2(c3ccc(I)s3)CCOC2)c1. The number of thiophene rings is 1. The van der Waals surface area contributed by atoms with Gasteiger partial charge in [-0.15, -0.1) is 11.3 Å². The van der Waals surface area contributed by atoms with Crippen LogP contribution in [0.15, 0.2) is 30.3 Å². The van der Waals surface area contributed by atoms with Gasteiger partial charge < -0.3 is 14.6 Å². The first-order valence-electron chi connectivity index (χ1n) is 8.35. The van der Waals surface area contributed by atoms with Gasteiger partial charge in [-0.05, 0) is 64.8 Å². The molecule has 1 fully saturated rings. The molecule has 2 atom stereocenters. The number of benzene rings is 1. The molecule has 2 heterocycles. The van der Waals surface area contributed by atoms with E-state index in [-0.39, 0.29) is 11.3 Å². The van der Waals surface area contributed by atoms with Crippen molar-refractivity contribution in [3.8, 4) is 5.75 Å². The molecule has 4 nitrogen and oxygen atoms in total. The lowest BCUT2D eigenvalue weighted by Crippen LogP contribution is -2.32. The van der Waals surface area contributed by atoms with Crippen LogP contribution in [0.4, 0.5) is 0 Å². The first-order valence-corrected chi connectivity index (χ1v) is 10.2. The minimum atomic E-state index is -0.760. The minimum absolute atomic E-state index is 0.0492. The molecule has 1 aliphatic heterocycles. The first kappa shape index (κ1) is 18.7. The second-order valence-electron chi connectivity index (χ2n) is 6.38. The highest BCUT2D eigenvalue weighted by Gasteiger charge is 2.42. The average Bonchev–Trinajstić information content (AvgIpc) is 3.24. The van der Waals surface area contributed by atoms with Gasteiger partial charge >= 0.3 is 5.97 Å². The summed E-state index contributed by atoms with van der Waals surface area (Å²) in [5.41, 5.74) is 0.481. The highest BCUT2D eigenvalue weighted by Crippen LogP contribution is 2.40. The zero-order chi connectivity index (χ0) is 18.0. The molecule has 0 spiro atoms. The lowest BCUT2D eigenvalue weighted by molar-refractivity contribution is -0.0242. The van der Waals surface area contributed by atoms with E-state index < -0.39 is 11.6 Å². The van der Waals surface area contributed by atoms with E-state index in [9.17, 15) is 9.90 Å². The van der Waals surface area contributed by atoms with Crippen molar-refractivity contribution < 1.29 is 19.4 Å². The van der Waals surface area contributed by atoms with Crippen LogP contribution in [0.3, 0.4) is 0 Å². The predicted octanol–water partition coefficient (Wildman–Crippen LogP) is 5.04. The molecule has 2 aromatic rings. The molecule has 1 aromatic carbocycles. The van der Waals surface area contributed by atoms with Gasteiger partial charge in [0.2, 0.25) is 0 Å². The molecule has 0 bridgehead atoms. The van der Waals surface area contributed by atoms with Crippen LogP contribution < -0.4 is 0 Å². The highest BCUT2D eigenvalue weighted by atomic mass is 127. The van der Waals surface area contributed by atoms with Gasteiger partial charge in [0.25, 0.3) is 0 Å². The zero-order valence-electron chi connectivity index (χ0n) is 14.3. The van der Waals surface area contributed by atoms with Gasteiger partial charge in [-0.3, -0.25) is 0 Å². The highest BCUT2D eigenvalue weighted by molar-refractivity contribution is 14.1. The van der Waals surface area contributed by atoms with Crippen molar-refractivity contribution in [2.75, 3.05) is 13.2 Å². The summed E-state index contributed by atoms with van der Waals surface area (Å²) in [6, 6.07) is 9.17. The normalized spacial score (nSPS) is 21.2. The Hall–Kier alpha value is -1.12. The molecule has 1 aliphatic rings. The number of phenolic OH excluding ortho intramolecular Hbond substituents is 1. The maximum absolute atomic E-state index is 12.8. The number of halogens is 1. The van der Waals surface area contributed by atoms with Gasteiger partial charge in [-0.25, -0.2) is 4.79 Å². The predicted molar refractivity (Wildman–Crippen MR) is 106 cm³/mol. The second-order valence-corrected chi connectivity index (χ2v) is 9.35. The Bertz CT molecular complexity index is 765. The zero-order valence-corrected chi connectivity index (χ0v) is 17.2. The molecule has 6 heteroatoms. The van der Waals surface area contributed by atoms with E-state index in [4.69, 9.17) is 9.47 Å². The number of carbonyl (C=O) groups excluding carboxylic acids is 1. The molecular weight excluding hydrogens is 451 g/mol. The summed E-state index contributed by atoms with van der Waals surface area (Å²) in [5, 5.41) is 10.2. The van der Waals surface area contributed by atoms with E-state index >= 15 is 0 Å². The van der Waals surface area contributed by atoms with Crippen molar-refractivity contribution in [2.45, 2.75) is 38.2 Å². The summed E-state index contributed by atoms with van der Waals surface area (Å²) >= 11 is 3.86. The smallest absolute Gasteiger partial charge is 0.342 e. The fourth-order valence-corrected chi connectivity index (χ4v) is 4.68. The molecule has 25 heavy (non-hydrogen) atoms. The molecule has 134 valence electrons. The molecule has 0 radical (unpaired) electrons. The van der Waals surface area contributed by atoms with Crippen LogP contribution in [0, 0.1) is 2.88 Å². The van der Waals surface area contributed by atoms with Crippen LogP contribution in [-0.4, -0.2) is 24.3 Å². The standard InChI is InChI=1S/C19H21IO4S/c1-3-12(2)13-4-5-15(21)14(10-13)18(22)24-19(8-9-23-11-19)16-6-7-17(20)25-16/h4-7,10,12,21H,3,8-9,11H2,1-2H3. The Labute approximate surface area is 165 Å². The van der Waals surface area contributed by atoms with E-state index in [0.717, 1.165) is 19.7 Å². The Balaban J connectivity index is 1.90. The summed E-state index contributed by atoms with van der Waals surface area (Å²) in [5.74, 6) is -0.238. The molecule has 3 rings (SSSR count). The first-order chi connectivity index (χ1) is 11.9. The fourth-order valence-electron chi connectivity index (χ4n) is 2.92. The van der Waals surface area contributed by atoms with E-state index in [1.54, 1.807) is 23.5 Å². The maximum atomic E-state index is 12.8. The van der Waals surface area contributed by atoms with Gasteiger partial charge in [-0.2, -0.15) is 0 Å². The van der Waals surface area contributed by atoms with Gasteiger partial charge in [0.1, 0.15) is 11.3 Å². The maximum Gasteiger partial charge on any atom is 0.342 e. The Kier molecular flexibility index (Phi) is 5.70. The molecule has 1 aromatic heterocycles. The van der Waals surface area contributed by atoms with Crippen molar-refractivity contribution in [2.24, 2.45) is 0 Å². The van der Waals surface area contributed by atoms with Crippen LogP contribution in [-0.2, 0) is 15.1 Å². The van der Waals surface area contributed by atoms with Crippen molar-refractivity contribution in [3.63, 3.8) is 0 Å². The van der Waals surface area contributed by atoms with E-state index in [1.807, 2.05) is 18.2 Å². The summed E-state index contributed by atoms with van der Waals surface area (Å²) < 4.78 is 12.6. The van der Waals surface area contributed by atoms with E-state index in [2.05, 4.69) is 36.4 Å². The molecule has 0 amide bonds. The van der Waals surface area contributed by atoms with Crippen LogP contribution >= 0.6 is 33.9 Å². The topological polar surface area (TPSA) is 55.8 Å². The van der Waals surface area contributed by atoms with Gasteiger partial charge in [0, 0.05) is 6.42 Å². The molecule has 1 N–H and O–H groups in total. The quantitative estimate of drug-likeness (QED) is 0.489. The number of rotatable bonds is 5. The van der Waals surface area contributed by atoms with Crippen molar-refractivity contribution in [3.05, 3.63) is 49.2 Å². The monoisotopic (exact) mass is 472 g/mol. The van der Waals surface area contributed by atoms with Crippen molar-refractivity contribution in [1.82, 2.24) is 0 Å². The largest absolute Gasteiger partial charge is 0.507 e. The van der Waals surface area contributed by atoms with E-state index in [0.29, 0.717) is 25.6 Å². The average molecular weight is 472 g/mol. The number of carbonyl (C=O) groups is 1. The summed E-state index contributed by atoms with van der Waals surface area (Å²) in [6.45, 7) is 5.10. The molecule has 1 saturated heterocycles. The van der Waals surface area contributed by atoms with Crippen LogP contribution in [0.25, 0.3) is 0 Å². The third kappa shape index (κ3) is 3.85. The Morgan fingerprint density at radius 2 is 2.24 bits per heavy atom. The number of esters is 1. The second kappa shape index (κ2) is 7.63. The molecule has 0 saturated carbocycles. The fraction of sp³-hybridized carbons (Fsp3) is 0.421. The third-order valence-corrected chi connectivity index (χ3v) is 6.80. The van der Waals surface area contributed by atoms with Gasteiger partial charge in [-0.1, -0.05) is 19.9 Å². The van der Waals surface area contributed by atoms with Gasteiger partial charge in [0.05, 0.1) is 21.0 Å². The Morgan fingerprint density at radius 1 is 1.44 bits per heavy atom. The third-order valence-electron chi connectivity index (χ3n) is 4.72. The van der Waals surface area contributed by atoms with Crippen LogP contribution in [0.2, 0.25) is 0 Å². The number of ether oxygens (including phenoxy) is 2. The van der Waals surface area contributed by atoms with Crippen LogP contribution in [0.1, 0.15) is 53.4 Å². The van der Waals surface area contributed by atoms with E-state index in [1.165, 1.54) is 0 Å². The summed E-state index contributed by atoms with van der Waals surface area (Å²) in [4.78, 5) is 13.8. The number of phenols is 1. The minimum Gasteiger partial charge on any atom is -0.507 e. The number of aromatic hydroxyl groups is 1. The Morgan fingerprint density at radius 3 is 2.84 bits per heavy atom. The van der Waals surface area contributed by atoms with Crippen LogP contribution in [0.5, 0.6) is 5.75 Å². The molecule has 2 unspecified atom stereocenters. The van der Waals surface area contributed by atoms with Crippen molar-refractivity contribution >= 4 is 39.9 Å². The summed E-state index contributed by atoms with van der Waals surface area (Å²) in [7, 11) is 0. The lowest BCUT2D eigenvalue weighted by atomic mass is 9.96. The molecule has 0 aliphatic carbocycles.